The minimum Gasteiger partial charge on any atom is -0.456 e. The molecule has 0 atom stereocenters. The van der Waals surface area contributed by atoms with Crippen LogP contribution in [0.4, 0.5) is 8.78 Å². The monoisotopic (exact) mass is 320 g/mol. The molecule has 1 aromatic rings. The van der Waals surface area contributed by atoms with Gasteiger partial charge in [-0.3, -0.25) is 9.59 Å². The molecule has 0 saturated heterocycles. The van der Waals surface area contributed by atoms with Crippen molar-refractivity contribution in [2.45, 2.75) is 6.92 Å². The Hall–Kier alpha value is -2.96. The van der Waals surface area contributed by atoms with E-state index in [0.29, 0.717) is 10.9 Å². The maximum Gasteiger partial charge on any atom is 0.305 e. The Labute approximate surface area is 128 Å². The minimum atomic E-state index is -0.908. The van der Waals surface area contributed by atoms with Crippen molar-refractivity contribution >= 4 is 16.9 Å². The maximum absolute atomic E-state index is 14.0. The zero-order chi connectivity index (χ0) is 16.6. The van der Waals surface area contributed by atoms with Gasteiger partial charge in [-0.25, -0.2) is 8.78 Å². The Balaban J connectivity index is 2.06. The zero-order valence-electron chi connectivity index (χ0n) is 11.9. The molecule has 3 rings (SSSR count). The van der Waals surface area contributed by atoms with Gasteiger partial charge in [-0.15, -0.1) is 0 Å². The van der Waals surface area contributed by atoms with Crippen LogP contribution in [0.1, 0.15) is 6.92 Å². The maximum atomic E-state index is 14.0. The Kier molecular flexibility index (Phi) is 3.69. The SMILES string of the molecule is CC(=O)OCOc1cc2oc3cc(=O)c(F)cc-3cc2cc1F. The highest BCUT2D eigenvalue weighted by molar-refractivity contribution is 5.84. The lowest BCUT2D eigenvalue weighted by molar-refractivity contribution is -0.147. The van der Waals surface area contributed by atoms with E-state index in [1.54, 1.807) is 0 Å². The van der Waals surface area contributed by atoms with Crippen LogP contribution in [0.2, 0.25) is 0 Å². The van der Waals surface area contributed by atoms with Gasteiger partial charge in [0.1, 0.15) is 11.3 Å². The molecule has 0 radical (unpaired) electrons. The van der Waals surface area contributed by atoms with Gasteiger partial charge in [-0.1, -0.05) is 0 Å². The highest BCUT2D eigenvalue weighted by Gasteiger charge is 2.14. The van der Waals surface area contributed by atoms with Gasteiger partial charge in [0.25, 0.3) is 0 Å². The molecule has 0 spiro atoms. The summed E-state index contributed by atoms with van der Waals surface area (Å²) in [6, 6.07) is 5.96. The van der Waals surface area contributed by atoms with Crippen molar-refractivity contribution in [3.05, 3.63) is 52.2 Å². The van der Waals surface area contributed by atoms with Gasteiger partial charge in [-0.2, -0.15) is 0 Å². The molecule has 0 bridgehead atoms. The van der Waals surface area contributed by atoms with Gasteiger partial charge in [-0.05, 0) is 18.2 Å². The summed E-state index contributed by atoms with van der Waals surface area (Å²) in [6.07, 6.45) is 0. The van der Waals surface area contributed by atoms with Gasteiger partial charge in [0.05, 0.1) is 0 Å². The molecule has 23 heavy (non-hydrogen) atoms. The van der Waals surface area contributed by atoms with Crippen LogP contribution in [0.5, 0.6) is 5.75 Å². The molecule has 1 heterocycles. The van der Waals surface area contributed by atoms with E-state index in [1.165, 1.54) is 19.1 Å². The number of carbonyl (C=O) groups excluding carboxylic acids is 1. The second kappa shape index (κ2) is 5.68. The number of halogens is 2. The van der Waals surface area contributed by atoms with Crippen molar-refractivity contribution in [2.75, 3.05) is 6.79 Å². The van der Waals surface area contributed by atoms with E-state index < -0.39 is 29.8 Å². The minimum absolute atomic E-state index is 0.168. The lowest BCUT2D eigenvalue weighted by Crippen LogP contribution is -2.07. The number of esters is 1. The Bertz CT molecular complexity index is 932. The summed E-state index contributed by atoms with van der Waals surface area (Å²) < 4.78 is 42.3. The topological polar surface area (TPSA) is 65.7 Å². The molecule has 1 aliphatic carbocycles. The third-order valence-corrected chi connectivity index (χ3v) is 3.14. The lowest BCUT2D eigenvalue weighted by Gasteiger charge is -2.10. The van der Waals surface area contributed by atoms with Crippen LogP contribution in [0.15, 0.2) is 39.5 Å². The molecule has 5 nitrogen and oxygen atoms in total. The van der Waals surface area contributed by atoms with Crippen LogP contribution < -0.4 is 10.2 Å². The van der Waals surface area contributed by atoms with E-state index in [2.05, 4.69) is 4.74 Å². The zero-order valence-corrected chi connectivity index (χ0v) is 11.9. The van der Waals surface area contributed by atoms with Gasteiger partial charge < -0.3 is 13.9 Å². The molecule has 0 saturated carbocycles. The molecule has 0 unspecified atom stereocenters. The standard InChI is InChI=1S/C16H10F2O5/c1-8(19)21-7-22-16-6-15-10(4-12(16)18)2-9-3-11(17)13(20)5-14(9)23-15/h2-6H,7H2,1H3. The second-order valence-corrected chi connectivity index (χ2v) is 4.79. The molecule has 0 fully saturated rings. The molecule has 2 aliphatic rings. The molecule has 1 aromatic carbocycles. The van der Waals surface area contributed by atoms with Crippen molar-refractivity contribution in [1.29, 1.82) is 0 Å². The molecule has 7 heteroatoms. The highest BCUT2D eigenvalue weighted by Crippen LogP contribution is 2.31. The number of hydrogen-bond donors (Lipinski definition) is 0. The van der Waals surface area contributed by atoms with Crippen LogP contribution in [-0.4, -0.2) is 12.8 Å². The van der Waals surface area contributed by atoms with E-state index in [1.807, 2.05) is 0 Å². The smallest absolute Gasteiger partial charge is 0.305 e. The predicted octanol–water partition coefficient (Wildman–Crippen LogP) is 3.08. The Morgan fingerprint density at radius 2 is 1.91 bits per heavy atom. The fraction of sp³-hybridized carbons (Fsp3) is 0.125. The number of hydrogen-bond acceptors (Lipinski definition) is 5. The van der Waals surface area contributed by atoms with Crippen LogP contribution >= 0.6 is 0 Å². The van der Waals surface area contributed by atoms with E-state index in [0.717, 1.165) is 18.2 Å². The fourth-order valence-corrected chi connectivity index (χ4v) is 2.08. The first-order chi connectivity index (χ1) is 10.9. The van der Waals surface area contributed by atoms with Crippen LogP contribution in [0.25, 0.3) is 22.3 Å². The quantitative estimate of drug-likeness (QED) is 0.421. The number of ether oxygens (including phenoxy) is 2. The summed E-state index contributed by atoms with van der Waals surface area (Å²) in [7, 11) is 0. The average Bonchev–Trinajstić information content (AvgIpc) is 2.47. The predicted molar refractivity (Wildman–Crippen MR) is 76.3 cm³/mol. The molecule has 1 aliphatic heterocycles. The number of carbonyl (C=O) groups is 1. The van der Waals surface area contributed by atoms with Crippen LogP contribution in [-0.2, 0) is 9.53 Å². The van der Waals surface area contributed by atoms with Crippen molar-refractivity contribution in [3.8, 4) is 17.1 Å². The Morgan fingerprint density at radius 1 is 1.13 bits per heavy atom. The summed E-state index contributed by atoms with van der Waals surface area (Å²) >= 11 is 0. The Morgan fingerprint density at radius 3 is 2.65 bits per heavy atom. The second-order valence-electron chi connectivity index (χ2n) is 4.79. The molecule has 0 amide bonds. The fourth-order valence-electron chi connectivity index (χ4n) is 2.08. The van der Waals surface area contributed by atoms with E-state index in [-0.39, 0.29) is 17.1 Å². The van der Waals surface area contributed by atoms with Crippen molar-refractivity contribution in [1.82, 2.24) is 0 Å². The van der Waals surface area contributed by atoms with E-state index >= 15 is 0 Å². The molecular weight excluding hydrogens is 310 g/mol. The summed E-state index contributed by atoms with van der Waals surface area (Å²) in [5, 5.41) is 0.368. The van der Waals surface area contributed by atoms with Crippen molar-refractivity contribution in [2.24, 2.45) is 0 Å². The van der Waals surface area contributed by atoms with Crippen molar-refractivity contribution < 1.29 is 27.5 Å². The number of benzene rings is 2. The van der Waals surface area contributed by atoms with E-state index in [9.17, 15) is 18.4 Å². The number of fused-ring (bicyclic) bond motifs is 2. The van der Waals surface area contributed by atoms with Crippen molar-refractivity contribution in [3.63, 3.8) is 0 Å². The van der Waals surface area contributed by atoms with Gasteiger partial charge >= 0.3 is 5.97 Å². The van der Waals surface area contributed by atoms with Gasteiger partial charge in [0.2, 0.25) is 12.2 Å². The van der Waals surface area contributed by atoms with Crippen LogP contribution in [0, 0.1) is 11.6 Å². The molecule has 0 aromatic heterocycles. The number of rotatable bonds is 3. The first-order valence-electron chi connectivity index (χ1n) is 6.57. The lowest BCUT2D eigenvalue weighted by atomic mass is 10.1. The normalized spacial score (nSPS) is 10.9. The third kappa shape index (κ3) is 2.98. The highest BCUT2D eigenvalue weighted by atomic mass is 19.1. The largest absolute Gasteiger partial charge is 0.456 e. The molecular formula is C16H10F2O5. The summed E-state index contributed by atoms with van der Waals surface area (Å²) in [5.74, 6) is -2.17. The summed E-state index contributed by atoms with van der Waals surface area (Å²) in [4.78, 5) is 22.0. The third-order valence-electron chi connectivity index (χ3n) is 3.14. The molecule has 0 N–H and O–H groups in total. The molecule has 118 valence electrons. The van der Waals surface area contributed by atoms with Crippen LogP contribution in [0.3, 0.4) is 0 Å². The summed E-state index contributed by atoms with van der Waals surface area (Å²) in [5.41, 5.74) is -0.223. The first kappa shape index (κ1) is 15.0. The summed E-state index contributed by atoms with van der Waals surface area (Å²) in [6.45, 7) is 0.752. The van der Waals surface area contributed by atoms with Gasteiger partial charge in [0, 0.05) is 30.0 Å². The van der Waals surface area contributed by atoms with Gasteiger partial charge in [0.15, 0.2) is 17.4 Å². The average molecular weight is 320 g/mol. The first-order valence-corrected chi connectivity index (χ1v) is 6.57. The van der Waals surface area contributed by atoms with E-state index in [4.69, 9.17) is 9.15 Å².